The highest BCUT2D eigenvalue weighted by atomic mass is 35.5. The molecule has 0 bridgehead atoms. The van der Waals surface area contributed by atoms with E-state index in [2.05, 4.69) is 5.32 Å². The Morgan fingerprint density at radius 3 is 2.21 bits per heavy atom. The van der Waals surface area contributed by atoms with Gasteiger partial charge in [-0.25, -0.2) is 0 Å². The summed E-state index contributed by atoms with van der Waals surface area (Å²) >= 11 is 11.1. The monoisotopic (exact) mass is 502 g/mol. The molecule has 34 heavy (non-hydrogen) atoms. The van der Waals surface area contributed by atoms with Crippen LogP contribution in [-0.4, -0.2) is 16.9 Å². The van der Waals surface area contributed by atoms with Crippen molar-refractivity contribution in [3.63, 3.8) is 0 Å². The van der Waals surface area contributed by atoms with Gasteiger partial charge in [-0.15, -0.1) is 0 Å². The molecule has 172 valence electrons. The molecule has 1 fully saturated rings. The second-order valence-corrected chi connectivity index (χ2v) is 7.84. The maximum Gasteiger partial charge on any atom is 0.417 e. The van der Waals surface area contributed by atoms with E-state index in [4.69, 9.17) is 28.6 Å². The largest absolute Gasteiger partial charge is 0.457 e. The molecule has 1 saturated heterocycles. The smallest absolute Gasteiger partial charge is 0.417 e. The fourth-order valence-electron chi connectivity index (χ4n) is 3.22. The number of benzene rings is 3. The molecular weight excluding hydrogens is 489 g/mol. The number of hydrogen-bond donors (Lipinski definition) is 1. The number of carbonyl (C=O) groups excluding carboxylic acids is 2. The first-order chi connectivity index (χ1) is 16.1. The quantitative estimate of drug-likeness (QED) is 0.271. The Labute approximate surface area is 202 Å². The lowest BCUT2D eigenvalue weighted by Crippen LogP contribution is -2.54. The number of nitrogens with zero attached hydrogens (tertiary/aromatic N) is 1. The average Bonchev–Trinajstić information content (AvgIpc) is 2.78. The molecule has 2 amide bonds. The summed E-state index contributed by atoms with van der Waals surface area (Å²) in [5.74, 6) is -0.529. The Kier molecular flexibility index (Phi) is 6.41. The van der Waals surface area contributed by atoms with Gasteiger partial charge in [0.05, 0.1) is 16.3 Å². The summed E-state index contributed by atoms with van der Waals surface area (Å²) in [4.78, 5) is 26.6. The average molecular weight is 503 g/mol. The van der Waals surface area contributed by atoms with Crippen LogP contribution >= 0.6 is 23.8 Å². The number of alkyl halides is 3. The van der Waals surface area contributed by atoms with Crippen LogP contribution in [0.1, 0.15) is 11.1 Å². The van der Waals surface area contributed by atoms with Crippen LogP contribution in [0.5, 0.6) is 11.5 Å². The fraction of sp³-hybridized carbons (Fsp3) is 0.0417. The number of anilines is 1. The Morgan fingerprint density at radius 1 is 0.912 bits per heavy atom. The van der Waals surface area contributed by atoms with Gasteiger partial charge in [0.25, 0.3) is 11.8 Å². The van der Waals surface area contributed by atoms with Gasteiger partial charge in [-0.2, -0.15) is 13.2 Å². The summed E-state index contributed by atoms with van der Waals surface area (Å²) in [6.45, 7) is 0. The number of ether oxygens (including phenoxy) is 1. The van der Waals surface area contributed by atoms with Crippen LogP contribution in [0.25, 0.3) is 6.08 Å². The van der Waals surface area contributed by atoms with E-state index in [9.17, 15) is 22.8 Å². The number of para-hydroxylation sites is 1. The van der Waals surface area contributed by atoms with Gasteiger partial charge < -0.3 is 4.74 Å². The lowest BCUT2D eigenvalue weighted by molar-refractivity contribution is -0.137. The molecule has 0 unspecified atom stereocenters. The van der Waals surface area contributed by atoms with Gasteiger partial charge in [0.2, 0.25) is 0 Å². The number of nitrogens with one attached hydrogen (secondary N) is 1. The summed E-state index contributed by atoms with van der Waals surface area (Å²) < 4.78 is 45.3. The third kappa shape index (κ3) is 4.80. The minimum atomic E-state index is -4.69. The fourth-order valence-corrected chi connectivity index (χ4v) is 3.78. The van der Waals surface area contributed by atoms with Crippen molar-refractivity contribution in [1.82, 2.24) is 5.32 Å². The number of thiocarbonyl (C=S) groups is 1. The molecular formula is C24H14ClF3N2O3S. The van der Waals surface area contributed by atoms with Crippen LogP contribution in [0.3, 0.4) is 0 Å². The van der Waals surface area contributed by atoms with Gasteiger partial charge in [-0.05, 0) is 66.3 Å². The van der Waals surface area contributed by atoms with Gasteiger partial charge in [-0.3, -0.25) is 19.8 Å². The van der Waals surface area contributed by atoms with E-state index in [1.807, 2.05) is 18.2 Å². The van der Waals surface area contributed by atoms with Crippen molar-refractivity contribution >= 4 is 52.5 Å². The minimum absolute atomic E-state index is 0.130. The highest BCUT2D eigenvalue weighted by molar-refractivity contribution is 7.80. The summed E-state index contributed by atoms with van der Waals surface area (Å²) in [5.41, 5.74) is -1.29. The molecule has 0 saturated carbocycles. The zero-order chi connectivity index (χ0) is 24.5. The summed E-state index contributed by atoms with van der Waals surface area (Å²) in [6, 6.07) is 18.6. The van der Waals surface area contributed by atoms with E-state index >= 15 is 0 Å². The van der Waals surface area contributed by atoms with Crippen LogP contribution in [0.15, 0.2) is 78.4 Å². The highest BCUT2D eigenvalue weighted by Gasteiger charge is 2.36. The van der Waals surface area contributed by atoms with E-state index in [-0.39, 0.29) is 10.7 Å². The standard InChI is InChI=1S/C24H14ClF3N2O3S/c25-20-14(5-4-8-19(20)24(26,27)28)13-18-21(31)29-23(34)30(22(18)32)15-9-11-17(12-10-15)33-16-6-2-1-3-7-16/h1-13H,(H,29,31,34)/b18-13+. The summed E-state index contributed by atoms with van der Waals surface area (Å²) in [7, 11) is 0. The van der Waals surface area contributed by atoms with Crippen molar-refractivity contribution in [3.05, 3.63) is 94.5 Å². The van der Waals surface area contributed by atoms with Gasteiger partial charge in [-0.1, -0.05) is 41.9 Å². The lowest BCUT2D eigenvalue weighted by Gasteiger charge is -2.29. The number of halogens is 4. The maximum atomic E-state index is 13.2. The molecule has 0 aliphatic carbocycles. The van der Waals surface area contributed by atoms with E-state index in [1.165, 1.54) is 6.07 Å². The van der Waals surface area contributed by atoms with Gasteiger partial charge >= 0.3 is 6.18 Å². The number of carbonyl (C=O) groups is 2. The number of rotatable bonds is 4. The predicted octanol–water partition coefficient (Wildman–Crippen LogP) is 5.98. The third-order valence-corrected chi connectivity index (χ3v) is 5.52. The molecule has 1 heterocycles. The number of amides is 2. The Balaban J connectivity index is 1.64. The molecule has 0 radical (unpaired) electrons. The molecule has 1 N–H and O–H groups in total. The van der Waals surface area contributed by atoms with E-state index in [1.54, 1.807) is 36.4 Å². The molecule has 0 spiro atoms. The molecule has 0 aromatic heterocycles. The molecule has 3 aromatic rings. The van der Waals surface area contributed by atoms with E-state index in [0.29, 0.717) is 17.2 Å². The highest BCUT2D eigenvalue weighted by Crippen LogP contribution is 2.37. The second kappa shape index (κ2) is 9.28. The van der Waals surface area contributed by atoms with Crippen LogP contribution in [0.2, 0.25) is 5.02 Å². The summed E-state index contributed by atoms with van der Waals surface area (Å²) in [5, 5.41) is 1.59. The molecule has 1 aliphatic heterocycles. The Morgan fingerprint density at radius 2 is 1.56 bits per heavy atom. The normalized spacial score (nSPS) is 15.5. The van der Waals surface area contributed by atoms with Gasteiger partial charge in [0.1, 0.15) is 17.1 Å². The van der Waals surface area contributed by atoms with Crippen molar-refractivity contribution in [2.75, 3.05) is 4.90 Å². The number of hydrogen-bond acceptors (Lipinski definition) is 4. The zero-order valence-corrected chi connectivity index (χ0v) is 18.7. The molecule has 1 aliphatic rings. The van der Waals surface area contributed by atoms with Gasteiger partial charge in [0, 0.05) is 0 Å². The van der Waals surface area contributed by atoms with Crippen LogP contribution in [-0.2, 0) is 15.8 Å². The van der Waals surface area contributed by atoms with Crippen molar-refractivity contribution < 1.29 is 27.5 Å². The molecule has 0 atom stereocenters. The molecule has 4 rings (SSSR count). The van der Waals surface area contributed by atoms with E-state index < -0.39 is 34.1 Å². The van der Waals surface area contributed by atoms with Crippen molar-refractivity contribution in [2.45, 2.75) is 6.18 Å². The first-order valence-electron chi connectivity index (χ1n) is 9.75. The zero-order valence-electron chi connectivity index (χ0n) is 17.1. The van der Waals surface area contributed by atoms with Gasteiger partial charge in [0.15, 0.2) is 5.11 Å². The predicted molar refractivity (Wildman–Crippen MR) is 126 cm³/mol. The summed E-state index contributed by atoms with van der Waals surface area (Å²) in [6.07, 6.45) is -3.68. The molecule has 3 aromatic carbocycles. The first-order valence-corrected chi connectivity index (χ1v) is 10.5. The molecule has 10 heteroatoms. The maximum absolute atomic E-state index is 13.2. The van der Waals surface area contributed by atoms with Crippen LogP contribution < -0.4 is 15.0 Å². The lowest BCUT2D eigenvalue weighted by atomic mass is 10.0. The first kappa shape index (κ1) is 23.5. The van der Waals surface area contributed by atoms with E-state index in [0.717, 1.165) is 23.1 Å². The SMILES string of the molecule is O=C1NC(=S)N(c2ccc(Oc3ccccc3)cc2)C(=O)/C1=C/c1cccc(C(F)(F)F)c1Cl. The van der Waals surface area contributed by atoms with Crippen LogP contribution in [0, 0.1) is 0 Å². The topological polar surface area (TPSA) is 58.6 Å². The minimum Gasteiger partial charge on any atom is -0.457 e. The third-order valence-electron chi connectivity index (χ3n) is 4.81. The molecule has 5 nitrogen and oxygen atoms in total. The second-order valence-electron chi connectivity index (χ2n) is 7.07. The van der Waals surface area contributed by atoms with Crippen molar-refractivity contribution in [3.8, 4) is 11.5 Å². The Hall–Kier alpha value is -3.69. The van der Waals surface area contributed by atoms with Crippen LogP contribution in [0.4, 0.5) is 18.9 Å². The van der Waals surface area contributed by atoms with Crippen molar-refractivity contribution in [2.24, 2.45) is 0 Å². The van der Waals surface area contributed by atoms with Crippen molar-refractivity contribution in [1.29, 1.82) is 0 Å². The Bertz CT molecular complexity index is 1310.